The standard InChI is InChI=1S/C20H24N2O4/c1-12(2)22-19(21-15-9-7-6-8-14(15)20(22)23)13-10-16(24-3)18(26-5)17(11-13)25-4/h6-12,19,21H,1-5H3. The lowest BCUT2D eigenvalue weighted by atomic mass is 10.0. The SMILES string of the molecule is COc1cc(C2Nc3ccccc3C(=O)N2C(C)C)cc(OC)c1OC. The van der Waals surface area contributed by atoms with E-state index in [2.05, 4.69) is 5.32 Å². The van der Waals surface area contributed by atoms with Gasteiger partial charge in [-0.2, -0.15) is 0 Å². The molecule has 0 radical (unpaired) electrons. The van der Waals surface area contributed by atoms with Gasteiger partial charge in [0.05, 0.1) is 26.9 Å². The number of nitrogens with one attached hydrogen (secondary N) is 1. The first-order chi connectivity index (χ1) is 12.5. The van der Waals surface area contributed by atoms with Crippen LogP contribution >= 0.6 is 0 Å². The maximum Gasteiger partial charge on any atom is 0.258 e. The summed E-state index contributed by atoms with van der Waals surface area (Å²) in [4.78, 5) is 14.9. The fraction of sp³-hybridized carbons (Fsp3) is 0.350. The smallest absolute Gasteiger partial charge is 0.258 e. The quantitative estimate of drug-likeness (QED) is 0.885. The summed E-state index contributed by atoms with van der Waals surface area (Å²) in [5, 5.41) is 3.47. The van der Waals surface area contributed by atoms with Crippen LogP contribution in [0.5, 0.6) is 17.2 Å². The molecule has 1 aliphatic heterocycles. The lowest BCUT2D eigenvalue weighted by molar-refractivity contribution is 0.0616. The molecule has 1 atom stereocenters. The van der Waals surface area contributed by atoms with Crippen LogP contribution in [-0.2, 0) is 0 Å². The van der Waals surface area contributed by atoms with Crippen LogP contribution in [0.4, 0.5) is 5.69 Å². The number of benzene rings is 2. The van der Waals surface area contributed by atoms with Gasteiger partial charge in [0.15, 0.2) is 11.5 Å². The number of carbonyl (C=O) groups excluding carboxylic acids is 1. The van der Waals surface area contributed by atoms with Gasteiger partial charge in [-0.1, -0.05) is 12.1 Å². The van der Waals surface area contributed by atoms with Gasteiger partial charge in [-0.05, 0) is 38.1 Å². The second-order valence-electron chi connectivity index (χ2n) is 6.36. The number of ether oxygens (including phenoxy) is 3. The minimum atomic E-state index is -0.342. The van der Waals surface area contributed by atoms with E-state index in [0.717, 1.165) is 11.3 Å². The molecule has 0 bridgehead atoms. The van der Waals surface area contributed by atoms with Crippen molar-refractivity contribution in [3.05, 3.63) is 47.5 Å². The first-order valence-electron chi connectivity index (χ1n) is 8.50. The Balaban J connectivity index is 2.14. The Morgan fingerprint density at radius 1 is 1.00 bits per heavy atom. The van der Waals surface area contributed by atoms with E-state index < -0.39 is 0 Å². The number of hydrogen-bond donors (Lipinski definition) is 1. The second-order valence-corrected chi connectivity index (χ2v) is 6.36. The maximum absolute atomic E-state index is 13.1. The topological polar surface area (TPSA) is 60.0 Å². The van der Waals surface area contributed by atoms with Crippen LogP contribution in [0.3, 0.4) is 0 Å². The largest absolute Gasteiger partial charge is 0.493 e. The molecule has 26 heavy (non-hydrogen) atoms. The van der Waals surface area contributed by atoms with Crippen molar-refractivity contribution in [1.82, 2.24) is 4.90 Å². The zero-order valence-corrected chi connectivity index (χ0v) is 15.7. The molecule has 0 saturated heterocycles. The Morgan fingerprint density at radius 2 is 1.62 bits per heavy atom. The van der Waals surface area contributed by atoms with Gasteiger partial charge < -0.3 is 24.4 Å². The van der Waals surface area contributed by atoms with Gasteiger partial charge in [0.2, 0.25) is 5.75 Å². The molecule has 0 aliphatic carbocycles. The molecular weight excluding hydrogens is 332 g/mol. The number of nitrogens with zero attached hydrogens (tertiary/aromatic N) is 1. The van der Waals surface area contributed by atoms with Crippen LogP contribution in [0.15, 0.2) is 36.4 Å². The Hall–Kier alpha value is -2.89. The first-order valence-corrected chi connectivity index (χ1v) is 8.50. The van der Waals surface area contributed by atoms with Gasteiger partial charge in [-0.25, -0.2) is 0 Å². The summed E-state index contributed by atoms with van der Waals surface area (Å²) in [6, 6.07) is 11.3. The van der Waals surface area contributed by atoms with E-state index in [1.54, 1.807) is 21.3 Å². The van der Waals surface area contributed by atoms with Crippen molar-refractivity contribution in [2.75, 3.05) is 26.6 Å². The van der Waals surface area contributed by atoms with Gasteiger partial charge in [-0.15, -0.1) is 0 Å². The van der Waals surface area contributed by atoms with Crippen molar-refractivity contribution in [1.29, 1.82) is 0 Å². The van der Waals surface area contributed by atoms with E-state index >= 15 is 0 Å². The van der Waals surface area contributed by atoms with Crippen molar-refractivity contribution in [2.45, 2.75) is 26.1 Å². The zero-order chi connectivity index (χ0) is 18.8. The van der Waals surface area contributed by atoms with Crippen molar-refractivity contribution >= 4 is 11.6 Å². The highest BCUT2D eigenvalue weighted by molar-refractivity contribution is 6.01. The van der Waals surface area contributed by atoms with E-state index in [4.69, 9.17) is 14.2 Å². The highest BCUT2D eigenvalue weighted by atomic mass is 16.5. The van der Waals surface area contributed by atoms with Gasteiger partial charge in [0, 0.05) is 17.3 Å². The zero-order valence-electron chi connectivity index (χ0n) is 15.7. The fourth-order valence-corrected chi connectivity index (χ4v) is 3.30. The van der Waals surface area contributed by atoms with Crippen LogP contribution in [0, 0.1) is 0 Å². The van der Waals surface area contributed by atoms with E-state index in [1.165, 1.54) is 0 Å². The Bertz CT molecular complexity index is 794. The van der Waals surface area contributed by atoms with Crippen LogP contribution < -0.4 is 19.5 Å². The minimum Gasteiger partial charge on any atom is -0.493 e. The molecule has 1 N–H and O–H groups in total. The van der Waals surface area contributed by atoms with Crippen LogP contribution in [0.25, 0.3) is 0 Å². The van der Waals surface area contributed by atoms with Crippen LogP contribution in [-0.4, -0.2) is 38.2 Å². The lowest BCUT2D eigenvalue weighted by Gasteiger charge is -2.40. The Kier molecular flexibility index (Phi) is 4.93. The van der Waals surface area contributed by atoms with Gasteiger partial charge >= 0.3 is 0 Å². The molecule has 2 aromatic rings. The molecular formula is C20H24N2O4. The number of methoxy groups -OCH3 is 3. The molecule has 0 fully saturated rings. The van der Waals surface area contributed by atoms with Crippen molar-refractivity contribution in [3.63, 3.8) is 0 Å². The number of rotatable bonds is 5. The molecule has 0 aromatic heterocycles. The maximum atomic E-state index is 13.1. The number of anilines is 1. The van der Waals surface area contributed by atoms with Crippen molar-refractivity contribution < 1.29 is 19.0 Å². The Morgan fingerprint density at radius 3 is 2.15 bits per heavy atom. The van der Waals surface area contributed by atoms with E-state index in [0.29, 0.717) is 22.8 Å². The molecule has 1 heterocycles. The number of fused-ring (bicyclic) bond motifs is 1. The van der Waals surface area contributed by atoms with Gasteiger partial charge in [-0.3, -0.25) is 4.79 Å². The monoisotopic (exact) mass is 356 g/mol. The molecule has 0 spiro atoms. The normalized spacial score (nSPS) is 16.2. The molecule has 1 aliphatic rings. The molecule has 2 aromatic carbocycles. The summed E-state index contributed by atoms with van der Waals surface area (Å²) in [5.74, 6) is 1.63. The van der Waals surface area contributed by atoms with Crippen molar-refractivity contribution in [3.8, 4) is 17.2 Å². The third-order valence-corrected chi connectivity index (χ3v) is 4.52. The van der Waals surface area contributed by atoms with E-state index in [1.807, 2.05) is 55.1 Å². The summed E-state index contributed by atoms with van der Waals surface area (Å²) in [6.07, 6.45) is -0.342. The number of para-hydroxylation sites is 1. The summed E-state index contributed by atoms with van der Waals surface area (Å²) in [5.41, 5.74) is 2.34. The fourth-order valence-electron chi connectivity index (χ4n) is 3.30. The molecule has 6 heteroatoms. The molecule has 1 amide bonds. The molecule has 0 saturated carbocycles. The highest BCUT2D eigenvalue weighted by Gasteiger charge is 2.35. The van der Waals surface area contributed by atoms with Gasteiger partial charge in [0.25, 0.3) is 5.91 Å². The average molecular weight is 356 g/mol. The minimum absolute atomic E-state index is 0.00639. The number of hydrogen-bond acceptors (Lipinski definition) is 5. The van der Waals surface area contributed by atoms with Crippen LogP contribution in [0.2, 0.25) is 0 Å². The highest BCUT2D eigenvalue weighted by Crippen LogP contribution is 2.42. The third kappa shape index (κ3) is 2.92. The predicted molar refractivity (Wildman–Crippen MR) is 100 cm³/mol. The van der Waals surface area contributed by atoms with Gasteiger partial charge in [0.1, 0.15) is 6.17 Å². The van der Waals surface area contributed by atoms with Crippen molar-refractivity contribution in [2.24, 2.45) is 0 Å². The molecule has 6 nitrogen and oxygen atoms in total. The third-order valence-electron chi connectivity index (χ3n) is 4.52. The predicted octanol–water partition coefficient (Wildman–Crippen LogP) is 3.69. The summed E-state index contributed by atoms with van der Waals surface area (Å²) in [7, 11) is 4.73. The van der Waals surface area contributed by atoms with E-state index in [-0.39, 0.29) is 18.1 Å². The molecule has 1 unspecified atom stereocenters. The lowest BCUT2D eigenvalue weighted by Crippen LogP contribution is -2.46. The van der Waals surface area contributed by atoms with Crippen LogP contribution in [0.1, 0.15) is 35.9 Å². The summed E-state index contributed by atoms with van der Waals surface area (Å²) in [6.45, 7) is 4.00. The molecule has 3 rings (SSSR count). The number of carbonyl (C=O) groups is 1. The number of amides is 1. The second kappa shape index (κ2) is 7.15. The first kappa shape index (κ1) is 17.9. The molecule has 138 valence electrons. The Labute approximate surface area is 153 Å². The summed E-state index contributed by atoms with van der Waals surface area (Å²) >= 11 is 0. The van der Waals surface area contributed by atoms with E-state index in [9.17, 15) is 4.79 Å². The summed E-state index contributed by atoms with van der Waals surface area (Å²) < 4.78 is 16.3. The average Bonchev–Trinajstić information content (AvgIpc) is 2.66.